The summed E-state index contributed by atoms with van der Waals surface area (Å²) in [6, 6.07) is 9.91. The van der Waals surface area contributed by atoms with Gasteiger partial charge in [-0.1, -0.05) is 18.9 Å². The van der Waals surface area contributed by atoms with Gasteiger partial charge in [0.1, 0.15) is 6.07 Å². The van der Waals surface area contributed by atoms with Crippen molar-refractivity contribution in [2.75, 3.05) is 43.6 Å². The summed E-state index contributed by atoms with van der Waals surface area (Å²) in [6.45, 7) is 3.88. The lowest BCUT2D eigenvalue weighted by Gasteiger charge is -2.34. The molecule has 10 heteroatoms. The number of fused-ring (bicyclic) bond motifs is 1. The minimum atomic E-state index is -0.107. The molecule has 1 amide bonds. The summed E-state index contributed by atoms with van der Waals surface area (Å²) >= 11 is 0. The highest BCUT2D eigenvalue weighted by molar-refractivity contribution is 5.97. The number of hydrazine groups is 1. The highest BCUT2D eigenvalue weighted by Crippen LogP contribution is 2.28. The van der Waals surface area contributed by atoms with E-state index in [2.05, 4.69) is 43.3 Å². The monoisotopic (exact) mass is 459 g/mol. The van der Waals surface area contributed by atoms with Crippen molar-refractivity contribution in [3.63, 3.8) is 0 Å². The molecule has 2 aliphatic rings. The minimum absolute atomic E-state index is 0.0366. The van der Waals surface area contributed by atoms with Crippen LogP contribution in [0.4, 0.5) is 11.5 Å². The molecule has 3 aromatic rings. The number of imidazole rings is 1. The standard InChI is InChI=1S/C24H29N9O/c1-30-10-12-32(13-11-30)19-9-5-6-17(14-19)24(34)33(18-7-3-4-8-18)29-22-21-23(31(2)16-26-21)28-20(15-25)27-22/h5-6,9,14,16,18H,3-4,7-8,10-13H2,1-2H3,(H,27,28,29). The van der Waals surface area contributed by atoms with Crippen LogP contribution in [0.5, 0.6) is 0 Å². The van der Waals surface area contributed by atoms with E-state index < -0.39 is 0 Å². The summed E-state index contributed by atoms with van der Waals surface area (Å²) in [4.78, 5) is 31.5. The van der Waals surface area contributed by atoms with Crippen LogP contribution in [0, 0.1) is 11.3 Å². The molecular weight excluding hydrogens is 430 g/mol. The molecule has 1 aliphatic carbocycles. The molecule has 3 heterocycles. The minimum Gasteiger partial charge on any atom is -0.369 e. The van der Waals surface area contributed by atoms with Crippen LogP contribution in [0.15, 0.2) is 30.6 Å². The van der Waals surface area contributed by atoms with E-state index in [0.717, 1.165) is 57.5 Å². The topological polar surface area (TPSA) is 106 Å². The summed E-state index contributed by atoms with van der Waals surface area (Å²) < 4.78 is 1.74. The summed E-state index contributed by atoms with van der Waals surface area (Å²) in [5.41, 5.74) is 6.01. The quantitative estimate of drug-likeness (QED) is 0.580. The van der Waals surface area contributed by atoms with Gasteiger partial charge in [0.25, 0.3) is 5.91 Å². The van der Waals surface area contributed by atoms with Crippen LogP contribution in [-0.4, -0.2) is 74.6 Å². The van der Waals surface area contributed by atoms with Crippen molar-refractivity contribution in [3.05, 3.63) is 42.0 Å². The first-order valence-corrected chi connectivity index (χ1v) is 11.8. The summed E-state index contributed by atoms with van der Waals surface area (Å²) in [7, 11) is 3.95. The van der Waals surface area contributed by atoms with E-state index in [1.54, 1.807) is 15.9 Å². The zero-order valence-corrected chi connectivity index (χ0v) is 19.6. The molecule has 1 saturated carbocycles. The Kier molecular flexibility index (Phi) is 6.02. The Balaban J connectivity index is 1.47. The van der Waals surface area contributed by atoms with Crippen LogP contribution < -0.4 is 10.3 Å². The first-order chi connectivity index (χ1) is 16.5. The van der Waals surface area contributed by atoms with E-state index in [9.17, 15) is 10.1 Å². The van der Waals surface area contributed by atoms with Gasteiger partial charge in [-0.25, -0.2) is 9.99 Å². The van der Waals surface area contributed by atoms with E-state index >= 15 is 0 Å². The lowest BCUT2D eigenvalue weighted by molar-refractivity contribution is 0.0732. The number of aryl methyl sites for hydroxylation is 1. The summed E-state index contributed by atoms with van der Waals surface area (Å²) in [6.07, 6.45) is 5.61. The molecular formula is C24H29N9O. The molecule has 2 aromatic heterocycles. The first-order valence-electron chi connectivity index (χ1n) is 11.8. The lowest BCUT2D eigenvalue weighted by atomic mass is 10.1. The maximum absolute atomic E-state index is 13.8. The third-order valence-corrected chi connectivity index (χ3v) is 6.76. The number of amides is 1. The maximum atomic E-state index is 13.8. The maximum Gasteiger partial charge on any atom is 0.272 e. The van der Waals surface area contributed by atoms with Crippen molar-refractivity contribution in [2.45, 2.75) is 31.7 Å². The van der Waals surface area contributed by atoms with Crippen molar-refractivity contribution in [1.29, 1.82) is 5.26 Å². The van der Waals surface area contributed by atoms with Crippen molar-refractivity contribution in [3.8, 4) is 6.07 Å². The fourth-order valence-electron chi connectivity index (χ4n) is 4.76. The van der Waals surface area contributed by atoms with Gasteiger partial charge in [0.15, 0.2) is 17.0 Å². The molecule has 10 nitrogen and oxygen atoms in total. The Morgan fingerprint density at radius 3 is 2.65 bits per heavy atom. The van der Waals surface area contributed by atoms with E-state index in [0.29, 0.717) is 22.5 Å². The molecule has 0 atom stereocenters. The number of aromatic nitrogens is 4. The van der Waals surface area contributed by atoms with Gasteiger partial charge in [-0.3, -0.25) is 10.2 Å². The molecule has 1 aliphatic heterocycles. The molecule has 0 spiro atoms. The predicted molar refractivity (Wildman–Crippen MR) is 129 cm³/mol. The molecule has 176 valence electrons. The average Bonchev–Trinajstić information content (AvgIpc) is 3.53. The third-order valence-electron chi connectivity index (χ3n) is 6.76. The van der Waals surface area contributed by atoms with Crippen LogP contribution in [-0.2, 0) is 7.05 Å². The zero-order valence-electron chi connectivity index (χ0n) is 19.6. The van der Waals surface area contributed by atoms with Crippen molar-refractivity contribution < 1.29 is 4.79 Å². The second kappa shape index (κ2) is 9.27. The van der Waals surface area contributed by atoms with Gasteiger partial charge in [-0.15, -0.1) is 0 Å². The van der Waals surface area contributed by atoms with E-state index in [1.807, 2.05) is 31.3 Å². The molecule has 0 unspecified atom stereocenters. The number of carbonyl (C=O) groups is 1. The highest BCUT2D eigenvalue weighted by Gasteiger charge is 2.30. The van der Waals surface area contributed by atoms with Crippen molar-refractivity contribution in [1.82, 2.24) is 29.4 Å². The molecule has 34 heavy (non-hydrogen) atoms. The number of rotatable bonds is 5. The van der Waals surface area contributed by atoms with Gasteiger partial charge < -0.3 is 14.4 Å². The molecule has 0 radical (unpaired) electrons. The molecule has 0 bridgehead atoms. The van der Waals surface area contributed by atoms with Crippen LogP contribution in [0.1, 0.15) is 41.9 Å². The Hall–Kier alpha value is -3.71. The van der Waals surface area contributed by atoms with Crippen molar-refractivity contribution >= 4 is 28.6 Å². The largest absolute Gasteiger partial charge is 0.369 e. The van der Waals surface area contributed by atoms with Gasteiger partial charge in [0, 0.05) is 44.5 Å². The molecule has 5 rings (SSSR count). The fourth-order valence-corrected chi connectivity index (χ4v) is 4.76. The van der Waals surface area contributed by atoms with Crippen LogP contribution in [0.25, 0.3) is 11.2 Å². The van der Waals surface area contributed by atoms with Gasteiger partial charge in [0.2, 0.25) is 5.82 Å². The fraction of sp³-hybridized carbons (Fsp3) is 0.458. The van der Waals surface area contributed by atoms with E-state index in [1.165, 1.54) is 0 Å². The smallest absolute Gasteiger partial charge is 0.272 e. The van der Waals surface area contributed by atoms with Crippen LogP contribution in [0.2, 0.25) is 0 Å². The van der Waals surface area contributed by atoms with Gasteiger partial charge in [-0.05, 0) is 38.1 Å². The van der Waals surface area contributed by atoms with Crippen LogP contribution >= 0.6 is 0 Å². The molecule has 1 N–H and O–H groups in total. The molecule has 2 fully saturated rings. The number of hydrogen-bond donors (Lipinski definition) is 1. The van der Waals surface area contributed by atoms with Gasteiger partial charge >= 0.3 is 0 Å². The number of nitriles is 1. The third kappa shape index (κ3) is 4.26. The number of likely N-dealkylation sites (N-methyl/N-ethyl adjacent to an activating group) is 1. The van der Waals surface area contributed by atoms with Crippen LogP contribution in [0.3, 0.4) is 0 Å². The second-order valence-electron chi connectivity index (χ2n) is 9.10. The normalized spacial score (nSPS) is 17.1. The number of hydrogen-bond acceptors (Lipinski definition) is 8. The number of carbonyl (C=O) groups excluding carboxylic acids is 1. The lowest BCUT2D eigenvalue weighted by Crippen LogP contribution is -2.45. The Labute approximate surface area is 198 Å². The van der Waals surface area contributed by atoms with E-state index in [-0.39, 0.29) is 17.8 Å². The Morgan fingerprint density at radius 1 is 1.15 bits per heavy atom. The molecule has 1 saturated heterocycles. The number of nitrogens with zero attached hydrogens (tertiary/aromatic N) is 8. The zero-order chi connectivity index (χ0) is 23.7. The summed E-state index contributed by atoms with van der Waals surface area (Å²) in [5, 5.41) is 11.1. The Morgan fingerprint density at radius 2 is 1.91 bits per heavy atom. The SMILES string of the molecule is CN1CCN(c2cccc(C(=O)N(Nc3nc(C#N)nc4c3ncn4C)C3CCCC3)c2)CC1. The average molecular weight is 460 g/mol. The number of anilines is 2. The number of nitrogens with one attached hydrogen (secondary N) is 1. The predicted octanol–water partition coefficient (Wildman–Crippen LogP) is 2.40. The Bertz CT molecular complexity index is 1230. The number of piperazine rings is 1. The van der Waals surface area contributed by atoms with Gasteiger partial charge in [-0.2, -0.15) is 15.2 Å². The van der Waals surface area contributed by atoms with Gasteiger partial charge in [0.05, 0.1) is 12.4 Å². The number of benzene rings is 1. The summed E-state index contributed by atoms with van der Waals surface area (Å²) in [5.74, 6) is 0.302. The van der Waals surface area contributed by atoms with E-state index in [4.69, 9.17) is 0 Å². The second-order valence-corrected chi connectivity index (χ2v) is 9.10. The highest BCUT2D eigenvalue weighted by atomic mass is 16.2. The first kappa shape index (κ1) is 22.1. The van der Waals surface area contributed by atoms with Crippen molar-refractivity contribution in [2.24, 2.45) is 7.05 Å². The molecule has 1 aromatic carbocycles.